The number of benzene rings is 1. The standard InChI is InChI=1S/C21H22ClN5O2/c1-12-18(13(2)24-21(23-12)27-10-6-7-11-27)25-20(28)17-14(3)29-26-19(17)15-8-4-5-9-16(15)22/h4-5,8-9H,6-7,10-11H2,1-3H3,(H,25,28). The molecule has 1 saturated heterocycles. The van der Waals surface area contributed by atoms with Crippen LogP contribution in [0.15, 0.2) is 28.8 Å². The molecule has 0 spiro atoms. The van der Waals surface area contributed by atoms with Crippen molar-refractivity contribution in [1.29, 1.82) is 0 Å². The lowest BCUT2D eigenvalue weighted by molar-refractivity contribution is 0.102. The molecule has 0 atom stereocenters. The SMILES string of the molecule is Cc1nc(N2CCCC2)nc(C)c1NC(=O)c1c(-c2ccccc2Cl)noc1C. The first-order valence-electron chi connectivity index (χ1n) is 9.58. The molecule has 7 nitrogen and oxygen atoms in total. The summed E-state index contributed by atoms with van der Waals surface area (Å²) in [5.41, 5.74) is 3.45. The lowest BCUT2D eigenvalue weighted by Gasteiger charge is -2.18. The Morgan fingerprint density at radius 3 is 2.41 bits per heavy atom. The molecular formula is C21H22ClN5O2. The highest BCUT2D eigenvalue weighted by Crippen LogP contribution is 2.32. The van der Waals surface area contributed by atoms with Gasteiger partial charge in [-0.05, 0) is 39.7 Å². The largest absolute Gasteiger partial charge is 0.360 e. The molecule has 1 N–H and O–H groups in total. The third-order valence-electron chi connectivity index (χ3n) is 5.11. The molecule has 0 unspecified atom stereocenters. The van der Waals surface area contributed by atoms with Crippen LogP contribution in [0.5, 0.6) is 0 Å². The lowest BCUT2D eigenvalue weighted by Crippen LogP contribution is -2.22. The number of hydrogen-bond acceptors (Lipinski definition) is 6. The topological polar surface area (TPSA) is 84.2 Å². The highest BCUT2D eigenvalue weighted by atomic mass is 35.5. The van der Waals surface area contributed by atoms with E-state index >= 15 is 0 Å². The number of aromatic nitrogens is 3. The minimum atomic E-state index is -0.331. The molecule has 150 valence electrons. The van der Waals surface area contributed by atoms with Crippen molar-refractivity contribution in [1.82, 2.24) is 15.1 Å². The summed E-state index contributed by atoms with van der Waals surface area (Å²) in [6.07, 6.45) is 2.30. The van der Waals surface area contributed by atoms with Crippen LogP contribution in [0.1, 0.15) is 40.3 Å². The molecular weight excluding hydrogens is 390 g/mol. The molecule has 1 fully saturated rings. The fraction of sp³-hybridized carbons (Fsp3) is 0.333. The van der Waals surface area contributed by atoms with Crippen LogP contribution in [-0.2, 0) is 0 Å². The molecule has 0 saturated carbocycles. The van der Waals surface area contributed by atoms with Crippen LogP contribution < -0.4 is 10.2 Å². The van der Waals surface area contributed by atoms with E-state index in [-0.39, 0.29) is 5.91 Å². The van der Waals surface area contributed by atoms with E-state index in [4.69, 9.17) is 16.1 Å². The van der Waals surface area contributed by atoms with Crippen molar-refractivity contribution in [2.24, 2.45) is 0 Å². The lowest BCUT2D eigenvalue weighted by atomic mass is 10.1. The molecule has 1 amide bonds. The predicted molar refractivity (Wildman–Crippen MR) is 113 cm³/mol. The zero-order chi connectivity index (χ0) is 20.5. The van der Waals surface area contributed by atoms with Crippen LogP contribution in [0.25, 0.3) is 11.3 Å². The first-order valence-corrected chi connectivity index (χ1v) is 9.96. The predicted octanol–water partition coefficient (Wildman–Crippen LogP) is 4.56. The van der Waals surface area contributed by atoms with E-state index in [1.54, 1.807) is 19.1 Å². The van der Waals surface area contributed by atoms with Crippen molar-refractivity contribution < 1.29 is 9.32 Å². The van der Waals surface area contributed by atoms with Crippen molar-refractivity contribution in [3.05, 3.63) is 52.0 Å². The highest BCUT2D eigenvalue weighted by molar-refractivity contribution is 6.33. The second-order valence-corrected chi connectivity index (χ2v) is 7.57. The van der Waals surface area contributed by atoms with Gasteiger partial charge in [0.05, 0.1) is 22.1 Å². The Hall–Kier alpha value is -2.93. The summed E-state index contributed by atoms with van der Waals surface area (Å²) in [4.78, 5) is 24.5. The number of rotatable bonds is 4. The number of amides is 1. The van der Waals surface area contributed by atoms with Crippen LogP contribution in [-0.4, -0.2) is 34.1 Å². The number of nitrogens with one attached hydrogen (secondary N) is 1. The van der Waals surface area contributed by atoms with E-state index < -0.39 is 0 Å². The van der Waals surface area contributed by atoms with Gasteiger partial charge in [-0.2, -0.15) is 0 Å². The summed E-state index contributed by atoms with van der Waals surface area (Å²) in [7, 11) is 0. The third-order valence-corrected chi connectivity index (χ3v) is 5.43. The number of carbonyl (C=O) groups is 1. The number of halogens is 1. The van der Waals surface area contributed by atoms with E-state index in [0.29, 0.717) is 39.2 Å². The van der Waals surface area contributed by atoms with Crippen LogP contribution in [0, 0.1) is 20.8 Å². The molecule has 3 aromatic rings. The zero-order valence-electron chi connectivity index (χ0n) is 16.6. The minimum Gasteiger partial charge on any atom is -0.360 e. The summed E-state index contributed by atoms with van der Waals surface area (Å²) < 4.78 is 5.30. The average Bonchev–Trinajstić information content (AvgIpc) is 3.35. The molecule has 0 radical (unpaired) electrons. The first-order chi connectivity index (χ1) is 14.0. The monoisotopic (exact) mass is 411 g/mol. The number of nitrogens with zero attached hydrogens (tertiary/aromatic N) is 4. The Kier molecular flexibility index (Phi) is 5.24. The highest BCUT2D eigenvalue weighted by Gasteiger charge is 2.25. The summed E-state index contributed by atoms with van der Waals surface area (Å²) in [6.45, 7) is 7.38. The van der Waals surface area contributed by atoms with Gasteiger partial charge in [0.1, 0.15) is 17.0 Å². The number of hydrogen-bond donors (Lipinski definition) is 1. The number of carbonyl (C=O) groups excluding carboxylic acids is 1. The first kappa shape index (κ1) is 19.4. The summed E-state index contributed by atoms with van der Waals surface area (Å²) in [5, 5.41) is 7.51. The normalized spacial score (nSPS) is 13.7. The van der Waals surface area contributed by atoms with Crippen molar-refractivity contribution in [3.63, 3.8) is 0 Å². The molecule has 0 bridgehead atoms. The fourth-order valence-corrected chi connectivity index (χ4v) is 3.82. The molecule has 1 aliphatic rings. The molecule has 8 heteroatoms. The van der Waals surface area contributed by atoms with Crippen molar-refractivity contribution in [2.45, 2.75) is 33.6 Å². The van der Waals surface area contributed by atoms with Crippen LogP contribution in [0.2, 0.25) is 5.02 Å². The van der Waals surface area contributed by atoms with Gasteiger partial charge in [0.25, 0.3) is 5.91 Å². The van der Waals surface area contributed by atoms with Gasteiger partial charge < -0.3 is 14.7 Å². The van der Waals surface area contributed by atoms with Crippen LogP contribution in [0.3, 0.4) is 0 Å². The van der Waals surface area contributed by atoms with Crippen molar-refractivity contribution >= 4 is 29.1 Å². The maximum absolute atomic E-state index is 13.1. The average molecular weight is 412 g/mol. The Labute approximate surface area is 174 Å². The Morgan fingerprint density at radius 1 is 1.10 bits per heavy atom. The molecule has 1 aromatic carbocycles. The van der Waals surface area contributed by atoms with Gasteiger partial charge >= 0.3 is 0 Å². The van der Waals surface area contributed by atoms with Gasteiger partial charge in [-0.3, -0.25) is 4.79 Å². The Bertz CT molecular complexity index is 1050. The van der Waals surface area contributed by atoms with Gasteiger partial charge in [-0.15, -0.1) is 0 Å². The molecule has 29 heavy (non-hydrogen) atoms. The summed E-state index contributed by atoms with van der Waals surface area (Å²) in [5.74, 6) is 0.804. The molecule has 4 rings (SSSR count). The van der Waals surface area contributed by atoms with E-state index in [9.17, 15) is 4.79 Å². The summed E-state index contributed by atoms with van der Waals surface area (Å²) >= 11 is 6.30. The van der Waals surface area contributed by atoms with E-state index in [2.05, 4.69) is 25.3 Å². The molecule has 1 aliphatic heterocycles. The van der Waals surface area contributed by atoms with E-state index in [0.717, 1.165) is 37.3 Å². The molecule has 2 aromatic heterocycles. The second kappa shape index (κ2) is 7.83. The quantitative estimate of drug-likeness (QED) is 0.677. The number of anilines is 2. The van der Waals surface area contributed by atoms with E-state index in [1.165, 1.54) is 0 Å². The van der Waals surface area contributed by atoms with Crippen molar-refractivity contribution in [2.75, 3.05) is 23.3 Å². The van der Waals surface area contributed by atoms with Crippen molar-refractivity contribution in [3.8, 4) is 11.3 Å². The smallest absolute Gasteiger partial charge is 0.261 e. The number of aryl methyl sites for hydroxylation is 3. The maximum atomic E-state index is 13.1. The molecule has 3 heterocycles. The van der Waals surface area contributed by atoms with Gasteiger partial charge in [0, 0.05) is 18.7 Å². The zero-order valence-corrected chi connectivity index (χ0v) is 17.4. The fourth-order valence-electron chi connectivity index (χ4n) is 3.59. The van der Waals surface area contributed by atoms with Crippen LogP contribution in [0.4, 0.5) is 11.6 Å². The third kappa shape index (κ3) is 3.70. The Balaban J connectivity index is 1.66. The van der Waals surface area contributed by atoms with Gasteiger partial charge in [-0.1, -0.05) is 35.0 Å². The Morgan fingerprint density at radius 2 is 1.76 bits per heavy atom. The van der Waals surface area contributed by atoms with E-state index in [1.807, 2.05) is 26.0 Å². The summed E-state index contributed by atoms with van der Waals surface area (Å²) in [6, 6.07) is 7.22. The molecule has 0 aliphatic carbocycles. The van der Waals surface area contributed by atoms with Crippen LogP contribution >= 0.6 is 11.6 Å². The van der Waals surface area contributed by atoms with Gasteiger partial charge in [0.15, 0.2) is 0 Å². The second-order valence-electron chi connectivity index (χ2n) is 7.16. The maximum Gasteiger partial charge on any atom is 0.261 e. The minimum absolute atomic E-state index is 0.331. The van der Waals surface area contributed by atoms with Gasteiger partial charge in [0.2, 0.25) is 5.95 Å². The van der Waals surface area contributed by atoms with Gasteiger partial charge in [-0.25, -0.2) is 9.97 Å².